The molecule has 2 N–H and O–H groups in total. The SMILES string of the molecule is CC(C)(C)[Si](C)(C)Oc1c(C2CCCCC2)ccc(OB(O)O)c1F. The van der Waals surface area contributed by atoms with Crippen LogP contribution in [0.4, 0.5) is 4.39 Å². The molecule has 0 aromatic heterocycles. The fraction of sp³-hybridized carbons (Fsp3) is 0.667. The predicted octanol–water partition coefficient (Wildman–Crippen LogP) is 4.61. The first-order valence-corrected chi connectivity index (χ1v) is 12.0. The minimum atomic E-state index is -2.26. The summed E-state index contributed by atoms with van der Waals surface area (Å²) in [6.45, 7) is 10.5. The van der Waals surface area contributed by atoms with Gasteiger partial charge in [-0.3, -0.25) is 0 Å². The molecule has 0 saturated heterocycles. The van der Waals surface area contributed by atoms with E-state index in [1.54, 1.807) is 0 Å². The van der Waals surface area contributed by atoms with Crippen molar-refractivity contribution in [3.8, 4) is 11.5 Å². The minimum Gasteiger partial charge on any atom is -0.541 e. The van der Waals surface area contributed by atoms with Crippen molar-refractivity contribution in [3.05, 3.63) is 23.5 Å². The van der Waals surface area contributed by atoms with Gasteiger partial charge in [0.1, 0.15) is 11.5 Å². The molecule has 2 rings (SSSR count). The zero-order valence-corrected chi connectivity index (χ0v) is 16.9. The van der Waals surface area contributed by atoms with Crippen LogP contribution in [0.5, 0.6) is 11.5 Å². The van der Waals surface area contributed by atoms with Crippen LogP contribution in [-0.2, 0) is 0 Å². The van der Waals surface area contributed by atoms with Crippen LogP contribution in [0.1, 0.15) is 64.4 Å². The van der Waals surface area contributed by atoms with E-state index >= 15 is 4.39 Å². The van der Waals surface area contributed by atoms with Crippen molar-refractivity contribution in [2.45, 2.75) is 76.9 Å². The second-order valence-electron chi connectivity index (χ2n) is 8.44. The van der Waals surface area contributed by atoms with Gasteiger partial charge in [-0.1, -0.05) is 46.1 Å². The van der Waals surface area contributed by atoms with Crippen molar-refractivity contribution >= 4 is 15.6 Å². The van der Waals surface area contributed by atoms with E-state index in [0.717, 1.165) is 31.2 Å². The first-order chi connectivity index (χ1) is 11.5. The highest BCUT2D eigenvalue weighted by molar-refractivity contribution is 6.74. The van der Waals surface area contributed by atoms with Gasteiger partial charge in [-0.2, -0.15) is 4.39 Å². The van der Waals surface area contributed by atoms with Gasteiger partial charge in [0.05, 0.1) is 0 Å². The summed E-state index contributed by atoms with van der Waals surface area (Å²) in [4.78, 5) is 0. The number of halogens is 1. The summed E-state index contributed by atoms with van der Waals surface area (Å²) >= 11 is 0. The lowest BCUT2D eigenvalue weighted by Crippen LogP contribution is -2.44. The van der Waals surface area contributed by atoms with E-state index in [2.05, 4.69) is 33.9 Å². The van der Waals surface area contributed by atoms with E-state index in [1.807, 2.05) is 6.07 Å². The molecule has 1 aliphatic rings. The molecule has 1 saturated carbocycles. The first-order valence-electron chi connectivity index (χ1n) is 9.07. The summed E-state index contributed by atoms with van der Waals surface area (Å²) in [6, 6.07) is 3.29. The topological polar surface area (TPSA) is 58.9 Å². The molecule has 0 bridgehead atoms. The maximum atomic E-state index is 15.1. The maximum Gasteiger partial charge on any atom is 0.707 e. The molecule has 1 aromatic carbocycles. The third kappa shape index (κ3) is 4.77. The van der Waals surface area contributed by atoms with Gasteiger partial charge in [-0.25, -0.2) is 0 Å². The zero-order valence-electron chi connectivity index (χ0n) is 15.9. The number of hydrogen-bond donors (Lipinski definition) is 2. The van der Waals surface area contributed by atoms with Gasteiger partial charge in [0.2, 0.25) is 5.82 Å². The Labute approximate surface area is 151 Å². The van der Waals surface area contributed by atoms with Crippen molar-refractivity contribution in [2.75, 3.05) is 0 Å². The number of hydrogen-bond acceptors (Lipinski definition) is 4. The van der Waals surface area contributed by atoms with E-state index in [9.17, 15) is 0 Å². The number of benzene rings is 1. The molecular weight excluding hydrogens is 338 g/mol. The Morgan fingerprint density at radius 1 is 1.12 bits per heavy atom. The Morgan fingerprint density at radius 3 is 2.24 bits per heavy atom. The third-order valence-electron chi connectivity index (χ3n) is 5.53. The zero-order chi connectivity index (χ0) is 18.8. The summed E-state index contributed by atoms with van der Waals surface area (Å²) in [5.74, 6) is -0.322. The molecule has 1 aliphatic carbocycles. The molecule has 7 heteroatoms. The van der Waals surface area contributed by atoms with E-state index in [0.29, 0.717) is 0 Å². The fourth-order valence-corrected chi connectivity index (χ4v) is 4.03. The summed E-state index contributed by atoms with van der Waals surface area (Å²) in [5.41, 5.74) is 0.877. The molecule has 0 amide bonds. The second kappa shape index (κ2) is 7.68. The van der Waals surface area contributed by atoms with E-state index in [1.165, 1.54) is 12.5 Å². The van der Waals surface area contributed by atoms with Gasteiger partial charge >= 0.3 is 7.32 Å². The van der Waals surface area contributed by atoms with Crippen LogP contribution < -0.4 is 9.08 Å². The van der Waals surface area contributed by atoms with Gasteiger partial charge in [-0.05, 0) is 48.5 Å². The van der Waals surface area contributed by atoms with E-state index in [4.69, 9.17) is 19.1 Å². The lowest BCUT2D eigenvalue weighted by molar-refractivity contribution is 0.279. The largest absolute Gasteiger partial charge is 0.707 e. The van der Waals surface area contributed by atoms with Crippen LogP contribution >= 0.6 is 0 Å². The molecule has 0 radical (unpaired) electrons. The quantitative estimate of drug-likeness (QED) is 0.746. The molecule has 0 spiro atoms. The van der Waals surface area contributed by atoms with Crippen molar-refractivity contribution in [1.29, 1.82) is 0 Å². The molecule has 0 unspecified atom stereocenters. The van der Waals surface area contributed by atoms with E-state index < -0.39 is 21.5 Å². The maximum absolute atomic E-state index is 15.1. The summed E-state index contributed by atoms with van der Waals surface area (Å²) in [5, 5.41) is 18.0. The second-order valence-corrected chi connectivity index (χ2v) is 13.2. The highest BCUT2D eigenvalue weighted by Crippen LogP contribution is 2.45. The van der Waals surface area contributed by atoms with Gasteiger partial charge in [0, 0.05) is 0 Å². The highest BCUT2D eigenvalue weighted by atomic mass is 28.4. The Kier molecular flexibility index (Phi) is 6.22. The fourth-order valence-electron chi connectivity index (χ4n) is 3.00. The third-order valence-corrected chi connectivity index (χ3v) is 9.86. The Balaban J connectivity index is 2.47. The molecule has 140 valence electrons. The molecule has 0 aliphatic heterocycles. The molecule has 25 heavy (non-hydrogen) atoms. The Morgan fingerprint density at radius 2 is 1.72 bits per heavy atom. The van der Waals surface area contributed by atoms with Crippen LogP contribution in [-0.4, -0.2) is 25.7 Å². The predicted molar refractivity (Wildman–Crippen MR) is 101 cm³/mol. The van der Waals surface area contributed by atoms with Gasteiger partial charge in [0.25, 0.3) is 8.32 Å². The standard InChI is InChI=1S/C18H30BFO4Si/c1-18(2,3)25(4,5)24-17-14(13-9-7-6-8-10-13)11-12-15(16(17)20)23-19(21)22/h11-13,21-22H,6-10H2,1-5H3. The minimum absolute atomic E-state index is 0.0728. The van der Waals surface area contributed by atoms with Crippen molar-refractivity contribution in [3.63, 3.8) is 0 Å². The summed E-state index contributed by atoms with van der Waals surface area (Å²) in [7, 11) is -4.31. The normalized spacial score (nSPS) is 16.6. The lowest BCUT2D eigenvalue weighted by atomic mass is 9.83. The van der Waals surface area contributed by atoms with Crippen molar-refractivity contribution < 1.29 is 23.5 Å². The molecule has 1 fully saturated rings. The average molecular weight is 368 g/mol. The molecule has 1 aromatic rings. The Hall–Kier alpha value is -1.05. The average Bonchev–Trinajstić information content (AvgIpc) is 2.50. The highest BCUT2D eigenvalue weighted by Gasteiger charge is 2.41. The molecule has 0 heterocycles. The molecule has 4 nitrogen and oxygen atoms in total. The molecular formula is C18H30BFO4Si. The first kappa shape index (κ1) is 20.3. The van der Waals surface area contributed by atoms with Crippen LogP contribution in [0.2, 0.25) is 18.1 Å². The van der Waals surface area contributed by atoms with Gasteiger partial charge in [-0.15, -0.1) is 0 Å². The monoisotopic (exact) mass is 368 g/mol. The van der Waals surface area contributed by atoms with Crippen molar-refractivity contribution in [2.24, 2.45) is 0 Å². The van der Waals surface area contributed by atoms with Gasteiger partial charge < -0.3 is 19.1 Å². The van der Waals surface area contributed by atoms with Crippen molar-refractivity contribution in [1.82, 2.24) is 0 Å². The summed E-state index contributed by atoms with van der Waals surface area (Å²) in [6.07, 6.45) is 5.54. The van der Waals surface area contributed by atoms with Crippen LogP contribution in [0.25, 0.3) is 0 Å². The van der Waals surface area contributed by atoms with Crippen LogP contribution in [0, 0.1) is 5.82 Å². The molecule has 0 atom stereocenters. The van der Waals surface area contributed by atoms with Crippen LogP contribution in [0.15, 0.2) is 12.1 Å². The van der Waals surface area contributed by atoms with Gasteiger partial charge in [0.15, 0.2) is 0 Å². The summed E-state index contributed by atoms with van der Waals surface area (Å²) < 4.78 is 26.2. The van der Waals surface area contributed by atoms with E-state index in [-0.39, 0.29) is 22.5 Å². The lowest BCUT2D eigenvalue weighted by Gasteiger charge is -2.38. The van der Waals surface area contributed by atoms with Crippen LogP contribution in [0.3, 0.4) is 0 Å². The number of rotatable bonds is 5. The smallest absolute Gasteiger partial charge is 0.541 e. The Bertz CT molecular complexity index is 595.